The van der Waals surface area contributed by atoms with Gasteiger partial charge in [-0.1, -0.05) is 12.1 Å². The fourth-order valence-electron chi connectivity index (χ4n) is 4.14. The van der Waals surface area contributed by atoms with Crippen LogP contribution in [-0.4, -0.2) is 50.6 Å². The van der Waals surface area contributed by atoms with E-state index in [4.69, 9.17) is 14.2 Å². The quantitative estimate of drug-likeness (QED) is 0.723. The van der Waals surface area contributed by atoms with Gasteiger partial charge in [0.15, 0.2) is 11.5 Å². The Kier molecular flexibility index (Phi) is 5.15. The second kappa shape index (κ2) is 7.75. The van der Waals surface area contributed by atoms with E-state index in [0.717, 1.165) is 12.0 Å². The molecular weight excluding hydrogens is 372 g/mol. The molecule has 7 heteroatoms. The first kappa shape index (κ1) is 19.3. The molecule has 1 atom stereocenters. The van der Waals surface area contributed by atoms with Gasteiger partial charge >= 0.3 is 0 Å². The number of benzene rings is 2. The molecular formula is C22H24N2O5. The first-order valence-electron chi connectivity index (χ1n) is 9.55. The van der Waals surface area contributed by atoms with Crippen LogP contribution in [0.3, 0.4) is 0 Å². The third-order valence-electron chi connectivity index (χ3n) is 5.64. The third kappa shape index (κ3) is 3.31. The Hall–Kier alpha value is -3.06. The smallest absolute Gasteiger partial charge is 0.251 e. The zero-order valence-corrected chi connectivity index (χ0v) is 16.8. The number of imide groups is 1. The number of amides is 2. The average molecular weight is 396 g/mol. The molecule has 2 heterocycles. The minimum atomic E-state index is -0.478. The van der Waals surface area contributed by atoms with E-state index in [1.165, 1.54) is 17.6 Å². The van der Waals surface area contributed by atoms with E-state index in [9.17, 15) is 9.59 Å². The Labute approximate surface area is 169 Å². The molecule has 0 saturated carbocycles. The average Bonchev–Trinajstić information content (AvgIpc) is 3.05. The van der Waals surface area contributed by atoms with Crippen LogP contribution in [0.4, 0.5) is 5.69 Å². The van der Waals surface area contributed by atoms with E-state index in [1.54, 1.807) is 32.4 Å². The second-order valence-corrected chi connectivity index (χ2v) is 7.16. The first-order valence-corrected chi connectivity index (χ1v) is 9.55. The summed E-state index contributed by atoms with van der Waals surface area (Å²) < 4.78 is 16.1. The van der Waals surface area contributed by atoms with Gasteiger partial charge in [-0.2, -0.15) is 0 Å². The number of carbonyl (C=O) groups is 2. The van der Waals surface area contributed by atoms with Crippen molar-refractivity contribution >= 4 is 17.5 Å². The predicted octanol–water partition coefficient (Wildman–Crippen LogP) is 2.40. The molecule has 0 bridgehead atoms. The fraction of sp³-hybridized carbons (Fsp3) is 0.364. The highest BCUT2D eigenvalue weighted by Gasteiger charge is 2.44. The number of hydrogen-bond donors (Lipinski definition) is 0. The normalized spacial score (nSPS) is 19.3. The summed E-state index contributed by atoms with van der Waals surface area (Å²) in [5.41, 5.74) is 2.76. The van der Waals surface area contributed by atoms with Gasteiger partial charge < -0.3 is 14.2 Å². The predicted molar refractivity (Wildman–Crippen MR) is 108 cm³/mol. The van der Waals surface area contributed by atoms with Crippen molar-refractivity contribution < 1.29 is 23.8 Å². The summed E-state index contributed by atoms with van der Waals surface area (Å²) in [7, 11) is 4.76. The molecule has 4 rings (SSSR count). The summed E-state index contributed by atoms with van der Waals surface area (Å²) >= 11 is 0. The summed E-state index contributed by atoms with van der Waals surface area (Å²) in [6.07, 6.45) is 0.946. The van der Waals surface area contributed by atoms with Crippen molar-refractivity contribution in [1.29, 1.82) is 0 Å². The van der Waals surface area contributed by atoms with Gasteiger partial charge in [-0.25, -0.2) is 4.90 Å². The lowest BCUT2D eigenvalue weighted by Gasteiger charge is -2.32. The number of rotatable bonds is 5. The summed E-state index contributed by atoms with van der Waals surface area (Å²) in [5.74, 6) is 1.47. The number of hydrogen-bond acceptors (Lipinski definition) is 6. The maximum Gasteiger partial charge on any atom is 0.251 e. The molecule has 152 valence electrons. The minimum absolute atomic E-state index is 0.166. The van der Waals surface area contributed by atoms with Gasteiger partial charge in [-0.05, 0) is 41.8 Å². The molecule has 0 aromatic heterocycles. The number of nitrogens with zero attached hydrogens (tertiary/aromatic N) is 2. The number of para-hydroxylation sites is 2. The summed E-state index contributed by atoms with van der Waals surface area (Å²) in [6.45, 7) is 1.28. The summed E-state index contributed by atoms with van der Waals surface area (Å²) in [4.78, 5) is 29.2. The molecule has 1 saturated heterocycles. The van der Waals surface area contributed by atoms with E-state index < -0.39 is 6.04 Å². The van der Waals surface area contributed by atoms with Crippen LogP contribution in [0.2, 0.25) is 0 Å². The highest BCUT2D eigenvalue weighted by molar-refractivity contribution is 6.23. The summed E-state index contributed by atoms with van der Waals surface area (Å²) in [6, 6.07) is 10.6. The molecule has 0 aliphatic carbocycles. The van der Waals surface area contributed by atoms with Gasteiger partial charge in [0.05, 0.1) is 39.5 Å². The van der Waals surface area contributed by atoms with Crippen LogP contribution in [0, 0.1) is 0 Å². The van der Waals surface area contributed by atoms with Gasteiger partial charge in [0.2, 0.25) is 5.91 Å². The first-order chi connectivity index (χ1) is 14.1. The van der Waals surface area contributed by atoms with Gasteiger partial charge in [0.1, 0.15) is 5.75 Å². The Morgan fingerprint density at radius 3 is 2.24 bits per heavy atom. The van der Waals surface area contributed by atoms with Crippen LogP contribution in [-0.2, 0) is 22.6 Å². The SMILES string of the molecule is COc1cc2c(cc1OC)CN([C@@H]1CC(=O)N(c3ccccc3OC)C1=O)CC2. The number of methoxy groups -OCH3 is 3. The fourth-order valence-corrected chi connectivity index (χ4v) is 4.14. The zero-order chi connectivity index (χ0) is 20.5. The maximum absolute atomic E-state index is 13.2. The van der Waals surface area contributed by atoms with Crippen molar-refractivity contribution in [2.75, 3.05) is 32.8 Å². The lowest BCUT2D eigenvalue weighted by atomic mass is 9.97. The standard InChI is InChI=1S/C22H24N2O5/c1-27-18-7-5-4-6-16(18)24-21(25)12-17(22(24)26)23-9-8-14-10-19(28-2)20(29-3)11-15(14)13-23/h4-7,10-11,17H,8-9,12-13H2,1-3H3/t17-/m1/s1. The molecule has 0 N–H and O–H groups in total. The monoisotopic (exact) mass is 396 g/mol. The van der Waals surface area contributed by atoms with E-state index in [0.29, 0.717) is 36.0 Å². The van der Waals surface area contributed by atoms with E-state index in [2.05, 4.69) is 4.90 Å². The molecule has 2 aromatic rings. The van der Waals surface area contributed by atoms with E-state index in [1.807, 2.05) is 18.2 Å². The van der Waals surface area contributed by atoms with Crippen molar-refractivity contribution in [3.05, 3.63) is 47.5 Å². The van der Waals surface area contributed by atoms with Gasteiger partial charge in [-0.15, -0.1) is 0 Å². The molecule has 2 aromatic carbocycles. The van der Waals surface area contributed by atoms with Crippen molar-refractivity contribution in [2.24, 2.45) is 0 Å². The van der Waals surface area contributed by atoms with Crippen LogP contribution < -0.4 is 19.1 Å². The van der Waals surface area contributed by atoms with E-state index >= 15 is 0 Å². The number of carbonyl (C=O) groups excluding carboxylic acids is 2. The van der Waals surface area contributed by atoms with Crippen molar-refractivity contribution in [1.82, 2.24) is 4.90 Å². The molecule has 2 amide bonds. The summed E-state index contributed by atoms with van der Waals surface area (Å²) in [5, 5.41) is 0. The molecule has 2 aliphatic rings. The van der Waals surface area contributed by atoms with Crippen LogP contribution in [0.1, 0.15) is 17.5 Å². The van der Waals surface area contributed by atoms with Crippen molar-refractivity contribution in [3.63, 3.8) is 0 Å². The minimum Gasteiger partial charge on any atom is -0.495 e. The Balaban J connectivity index is 1.59. The number of anilines is 1. The number of ether oxygens (including phenoxy) is 3. The van der Waals surface area contributed by atoms with Crippen LogP contribution in [0.15, 0.2) is 36.4 Å². The molecule has 0 unspecified atom stereocenters. The molecule has 2 aliphatic heterocycles. The Morgan fingerprint density at radius 2 is 1.55 bits per heavy atom. The molecule has 0 spiro atoms. The van der Waals surface area contributed by atoms with Gasteiger partial charge in [-0.3, -0.25) is 14.5 Å². The molecule has 1 fully saturated rings. The molecule has 7 nitrogen and oxygen atoms in total. The lowest BCUT2D eigenvalue weighted by Crippen LogP contribution is -2.44. The third-order valence-corrected chi connectivity index (χ3v) is 5.64. The van der Waals surface area contributed by atoms with Crippen LogP contribution >= 0.6 is 0 Å². The lowest BCUT2D eigenvalue weighted by molar-refractivity contribution is -0.123. The van der Waals surface area contributed by atoms with Crippen molar-refractivity contribution in [3.8, 4) is 17.2 Å². The topological polar surface area (TPSA) is 68.3 Å². The van der Waals surface area contributed by atoms with Crippen LogP contribution in [0.25, 0.3) is 0 Å². The van der Waals surface area contributed by atoms with E-state index in [-0.39, 0.29) is 18.2 Å². The molecule has 0 radical (unpaired) electrons. The second-order valence-electron chi connectivity index (χ2n) is 7.16. The maximum atomic E-state index is 13.2. The Bertz CT molecular complexity index is 958. The number of fused-ring (bicyclic) bond motifs is 1. The molecule has 29 heavy (non-hydrogen) atoms. The van der Waals surface area contributed by atoms with Crippen LogP contribution in [0.5, 0.6) is 17.2 Å². The highest BCUT2D eigenvalue weighted by Crippen LogP contribution is 2.36. The highest BCUT2D eigenvalue weighted by atomic mass is 16.5. The van der Waals surface area contributed by atoms with Crippen molar-refractivity contribution in [2.45, 2.75) is 25.4 Å². The van der Waals surface area contributed by atoms with Gasteiger partial charge in [0, 0.05) is 13.1 Å². The largest absolute Gasteiger partial charge is 0.495 e. The van der Waals surface area contributed by atoms with Gasteiger partial charge in [0.25, 0.3) is 5.91 Å². The Morgan fingerprint density at radius 1 is 0.897 bits per heavy atom. The zero-order valence-electron chi connectivity index (χ0n) is 16.8.